The van der Waals surface area contributed by atoms with Crippen molar-refractivity contribution in [1.82, 2.24) is 10.2 Å². The molecule has 2 bridgehead atoms. The molecule has 1 aromatic heterocycles. The van der Waals surface area contributed by atoms with Gasteiger partial charge in [0.05, 0.1) is 11.8 Å². The molecule has 1 aliphatic heterocycles. The van der Waals surface area contributed by atoms with Crippen molar-refractivity contribution in [2.24, 2.45) is 5.92 Å². The van der Waals surface area contributed by atoms with Gasteiger partial charge >= 0.3 is 0 Å². The average Bonchev–Trinajstić information content (AvgIpc) is 3.31. The molecule has 4 rings (SSSR count). The number of hydrogen-bond acceptors (Lipinski definition) is 3. The molecule has 118 valence electrons. The highest BCUT2D eigenvalue weighted by atomic mass is 16.3. The third-order valence-electron chi connectivity index (χ3n) is 4.92. The first-order valence-electron chi connectivity index (χ1n) is 7.91. The lowest BCUT2D eigenvalue weighted by Crippen LogP contribution is -2.47. The highest BCUT2D eigenvalue weighted by molar-refractivity contribution is 5.95. The maximum Gasteiger partial charge on any atom is 0.257 e. The maximum absolute atomic E-state index is 12.4. The van der Waals surface area contributed by atoms with Crippen LogP contribution in [0.3, 0.4) is 0 Å². The van der Waals surface area contributed by atoms with E-state index >= 15 is 0 Å². The molecule has 1 aliphatic carbocycles. The molecular weight excluding hydrogens is 292 g/mol. The van der Waals surface area contributed by atoms with E-state index < -0.39 is 0 Å². The Balaban J connectivity index is 1.39. The summed E-state index contributed by atoms with van der Waals surface area (Å²) < 4.78 is 4.99. The van der Waals surface area contributed by atoms with Crippen molar-refractivity contribution in [1.29, 1.82) is 0 Å². The summed E-state index contributed by atoms with van der Waals surface area (Å²) in [7, 11) is 0. The molecule has 1 saturated heterocycles. The topological polar surface area (TPSA) is 62.6 Å². The number of furan rings is 1. The summed E-state index contributed by atoms with van der Waals surface area (Å²) in [6.07, 6.45) is 4.80. The Labute approximate surface area is 134 Å². The maximum atomic E-state index is 12.4. The van der Waals surface area contributed by atoms with Gasteiger partial charge in [-0.3, -0.25) is 9.59 Å². The van der Waals surface area contributed by atoms with E-state index in [0.717, 1.165) is 12.8 Å². The molecule has 1 saturated carbocycles. The lowest BCUT2D eigenvalue weighted by atomic mass is 10.0. The number of carbonyl (C=O) groups excluding carboxylic acids is 2. The predicted octanol–water partition coefficient (Wildman–Crippen LogP) is 2.31. The molecule has 0 spiro atoms. The van der Waals surface area contributed by atoms with Crippen molar-refractivity contribution < 1.29 is 14.0 Å². The minimum atomic E-state index is -0.0316. The molecular formula is C18H18N2O3. The summed E-state index contributed by atoms with van der Waals surface area (Å²) in [6, 6.07) is 11.3. The van der Waals surface area contributed by atoms with E-state index in [2.05, 4.69) is 5.32 Å². The van der Waals surface area contributed by atoms with Crippen LogP contribution in [0.2, 0.25) is 0 Å². The van der Waals surface area contributed by atoms with Crippen molar-refractivity contribution in [3.8, 4) is 0 Å². The SMILES string of the molecule is O=C(NC1CC2CC1CN2C(=O)c1ccoc1)c1ccccc1. The highest BCUT2D eigenvalue weighted by Gasteiger charge is 2.47. The van der Waals surface area contributed by atoms with E-state index in [9.17, 15) is 9.59 Å². The summed E-state index contributed by atoms with van der Waals surface area (Å²) in [4.78, 5) is 26.6. The van der Waals surface area contributed by atoms with Gasteiger partial charge in [-0.15, -0.1) is 0 Å². The van der Waals surface area contributed by atoms with Gasteiger partial charge in [0.1, 0.15) is 6.26 Å². The first-order valence-corrected chi connectivity index (χ1v) is 7.91. The number of piperidine rings is 1. The molecule has 2 amide bonds. The monoisotopic (exact) mass is 310 g/mol. The molecule has 23 heavy (non-hydrogen) atoms. The van der Waals surface area contributed by atoms with Gasteiger partial charge in [-0.05, 0) is 37.0 Å². The van der Waals surface area contributed by atoms with Gasteiger partial charge in [0, 0.05) is 24.2 Å². The third-order valence-corrected chi connectivity index (χ3v) is 4.92. The molecule has 0 radical (unpaired) electrons. The largest absolute Gasteiger partial charge is 0.472 e. The zero-order chi connectivity index (χ0) is 15.8. The van der Waals surface area contributed by atoms with Crippen molar-refractivity contribution in [2.45, 2.75) is 24.9 Å². The molecule has 3 unspecified atom stereocenters. The number of nitrogens with one attached hydrogen (secondary N) is 1. The summed E-state index contributed by atoms with van der Waals surface area (Å²) in [6.45, 7) is 0.703. The number of hydrogen-bond donors (Lipinski definition) is 1. The molecule has 2 fully saturated rings. The number of nitrogens with zero attached hydrogens (tertiary/aromatic N) is 1. The summed E-state index contributed by atoms with van der Waals surface area (Å²) >= 11 is 0. The summed E-state index contributed by atoms with van der Waals surface area (Å²) in [5.41, 5.74) is 1.28. The van der Waals surface area contributed by atoms with Gasteiger partial charge in [-0.2, -0.15) is 0 Å². The molecule has 1 aromatic carbocycles. The van der Waals surface area contributed by atoms with E-state index in [1.165, 1.54) is 12.5 Å². The smallest absolute Gasteiger partial charge is 0.257 e. The Bertz CT molecular complexity index is 711. The Morgan fingerprint density at radius 3 is 2.57 bits per heavy atom. The lowest BCUT2D eigenvalue weighted by molar-refractivity contribution is 0.0679. The quantitative estimate of drug-likeness (QED) is 0.946. The zero-order valence-electron chi connectivity index (χ0n) is 12.6. The van der Waals surface area contributed by atoms with Crippen LogP contribution in [0.15, 0.2) is 53.3 Å². The van der Waals surface area contributed by atoms with Crippen LogP contribution in [0, 0.1) is 5.92 Å². The van der Waals surface area contributed by atoms with Gasteiger partial charge in [0.2, 0.25) is 0 Å². The van der Waals surface area contributed by atoms with Crippen molar-refractivity contribution in [3.63, 3.8) is 0 Å². The van der Waals surface area contributed by atoms with Crippen LogP contribution < -0.4 is 5.32 Å². The van der Waals surface area contributed by atoms with Gasteiger partial charge < -0.3 is 14.6 Å². The molecule has 1 N–H and O–H groups in total. The van der Waals surface area contributed by atoms with Crippen LogP contribution in [0.4, 0.5) is 0 Å². The lowest BCUT2D eigenvalue weighted by Gasteiger charge is -2.31. The highest BCUT2D eigenvalue weighted by Crippen LogP contribution is 2.38. The van der Waals surface area contributed by atoms with Crippen LogP contribution in [-0.4, -0.2) is 35.3 Å². The van der Waals surface area contributed by atoms with E-state index in [1.807, 2.05) is 35.2 Å². The number of rotatable bonds is 3. The fourth-order valence-electron chi connectivity index (χ4n) is 3.77. The number of amides is 2. The van der Waals surface area contributed by atoms with E-state index in [1.54, 1.807) is 6.07 Å². The van der Waals surface area contributed by atoms with Crippen LogP contribution in [-0.2, 0) is 0 Å². The molecule has 2 aromatic rings. The number of likely N-dealkylation sites (tertiary alicyclic amines) is 1. The molecule has 5 heteroatoms. The average molecular weight is 310 g/mol. The third kappa shape index (κ3) is 2.52. The van der Waals surface area contributed by atoms with E-state index in [-0.39, 0.29) is 23.9 Å². The van der Waals surface area contributed by atoms with E-state index in [4.69, 9.17) is 4.42 Å². The summed E-state index contributed by atoms with van der Waals surface area (Å²) in [5, 5.41) is 3.13. The Morgan fingerprint density at radius 1 is 1.09 bits per heavy atom. The van der Waals surface area contributed by atoms with Crippen molar-refractivity contribution >= 4 is 11.8 Å². The second kappa shape index (κ2) is 5.57. The van der Waals surface area contributed by atoms with Crippen LogP contribution in [0.1, 0.15) is 33.6 Å². The number of benzene rings is 1. The van der Waals surface area contributed by atoms with Crippen LogP contribution >= 0.6 is 0 Å². The Morgan fingerprint density at radius 2 is 1.91 bits per heavy atom. The van der Waals surface area contributed by atoms with E-state index in [0.29, 0.717) is 23.6 Å². The van der Waals surface area contributed by atoms with Gasteiger partial charge in [0.15, 0.2) is 0 Å². The number of fused-ring (bicyclic) bond motifs is 2. The zero-order valence-corrected chi connectivity index (χ0v) is 12.6. The van der Waals surface area contributed by atoms with Gasteiger partial charge in [0.25, 0.3) is 11.8 Å². The Kier molecular flexibility index (Phi) is 3.41. The van der Waals surface area contributed by atoms with Crippen molar-refractivity contribution in [2.75, 3.05) is 6.54 Å². The van der Waals surface area contributed by atoms with Gasteiger partial charge in [-0.25, -0.2) is 0 Å². The fraction of sp³-hybridized carbons (Fsp3) is 0.333. The second-order valence-electron chi connectivity index (χ2n) is 6.30. The Hall–Kier alpha value is -2.56. The normalized spacial score (nSPS) is 25.6. The summed E-state index contributed by atoms with van der Waals surface area (Å²) in [5.74, 6) is 0.332. The standard InChI is InChI=1S/C18H18N2O3/c21-17(12-4-2-1-3-5-12)19-16-9-15-8-14(16)10-20(15)18(22)13-6-7-23-11-13/h1-7,11,14-16H,8-10H2,(H,19,21). The van der Waals surface area contributed by atoms with Crippen LogP contribution in [0.25, 0.3) is 0 Å². The minimum absolute atomic E-state index is 0.0269. The molecule has 5 nitrogen and oxygen atoms in total. The number of carbonyl (C=O) groups is 2. The van der Waals surface area contributed by atoms with Crippen molar-refractivity contribution in [3.05, 3.63) is 60.1 Å². The first-order chi connectivity index (χ1) is 11.2. The molecule has 3 atom stereocenters. The predicted molar refractivity (Wildman–Crippen MR) is 84.0 cm³/mol. The fourth-order valence-corrected chi connectivity index (χ4v) is 3.77. The first kappa shape index (κ1) is 14.1. The molecule has 2 heterocycles. The van der Waals surface area contributed by atoms with Crippen LogP contribution in [0.5, 0.6) is 0 Å². The van der Waals surface area contributed by atoms with Gasteiger partial charge in [-0.1, -0.05) is 18.2 Å². The second-order valence-corrected chi connectivity index (χ2v) is 6.30. The minimum Gasteiger partial charge on any atom is -0.472 e. The molecule has 2 aliphatic rings.